The summed E-state index contributed by atoms with van der Waals surface area (Å²) in [4.78, 5) is 12.5. The second-order valence-corrected chi connectivity index (χ2v) is 11.0. The van der Waals surface area contributed by atoms with Crippen molar-refractivity contribution >= 4 is 5.97 Å². The molecule has 37 heavy (non-hydrogen) atoms. The number of esters is 1. The molecule has 2 nitrogen and oxygen atoms in total. The van der Waals surface area contributed by atoms with Gasteiger partial charge >= 0.3 is 47.7 Å². The fourth-order valence-electron chi connectivity index (χ4n) is 3.11. The van der Waals surface area contributed by atoms with Crippen LogP contribution >= 0.6 is 0 Å². The second-order valence-electron chi connectivity index (χ2n) is 11.0. The summed E-state index contributed by atoms with van der Waals surface area (Å²) in [6.07, 6.45) is -7.87. The molecular weight excluding hydrogens is 557 g/mol. The molecule has 0 aromatic heterocycles. The van der Waals surface area contributed by atoms with Crippen molar-refractivity contribution in [2.24, 2.45) is 16.2 Å². The standard InChI is InChI=1S/C20H25F15O2/c1-11(2,3)8-13(7,12(4,5)6)10(36)37-9-14(21,22)15(23,24)16(25,26)17(27,28)18(29,30)19(31,32)20(33,34)35/h8-9H2,1-7H3. The number of carbonyl (C=O) groups excluding carboxylic acids is 1. The fraction of sp³-hybridized carbons (Fsp3) is 0.950. The third-order valence-electron chi connectivity index (χ3n) is 5.77. The first-order valence-corrected chi connectivity index (χ1v) is 10.1. The zero-order valence-electron chi connectivity index (χ0n) is 20.4. The summed E-state index contributed by atoms with van der Waals surface area (Å²) in [5.41, 5.74) is -3.76. The molecule has 0 aliphatic heterocycles. The minimum absolute atomic E-state index is 0.197. The van der Waals surface area contributed by atoms with E-state index in [1.54, 1.807) is 20.8 Å². The van der Waals surface area contributed by atoms with Crippen LogP contribution in [0.2, 0.25) is 0 Å². The van der Waals surface area contributed by atoms with Crippen LogP contribution in [-0.2, 0) is 9.53 Å². The number of halogens is 15. The largest absolute Gasteiger partial charge is 0.460 e. The quantitative estimate of drug-likeness (QED) is 0.202. The van der Waals surface area contributed by atoms with E-state index < -0.39 is 70.5 Å². The molecule has 1 unspecified atom stereocenters. The van der Waals surface area contributed by atoms with Crippen molar-refractivity contribution in [3.63, 3.8) is 0 Å². The summed E-state index contributed by atoms with van der Waals surface area (Å²) < 4.78 is 203. The van der Waals surface area contributed by atoms with E-state index >= 15 is 0 Å². The van der Waals surface area contributed by atoms with E-state index in [1.807, 2.05) is 0 Å². The minimum atomic E-state index is -8.39. The van der Waals surface area contributed by atoms with Crippen LogP contribution in [0, 0.1) is 16.2 Å². The molecule has 0 N–H and O–H groups in total. The number of hydrogen-bond acceptors (Lipinski definition) is 2. The van der Waals surface area contributed by atoms with Crippen LogP contribution in [0.25, 0.3) is 0 Å². The van der Waals surface area contributed by atoms with Gasteiger partial charge in [0.05, 0.1) is 5.41 Å². The fourth-order valence-corrected chi connectivity index (χ4v) is 3.11. The molecule has 0 aromatic rings. The Hall–Kier alpha value is -1.58. The zero-order valence-corrected chi connectivity index (χ0v) is 20.4. The third-order valence-corrected chi connectivity index (χ3v) is 5.77. The van der Waals surface area contributed by atoms with Crippen LogP contribution in [0.1, 0.15) is 54.9 Å². The van der Waals surface area contributed by atoms with Crippen molar-refractivity contribution in [3.8, 4) is 0 Å². The first kappa shape index (κ1) is 35.4. The van der Waals surface area contributed by atoms with Gasteiger partial charge in [0.2, 0.25) is 0 Å². The van der Waals surface area contributed by atoms with Crippen LogP contribution in [0.4, 0.5) is 65.9 Å². The maximum Gasteiger partial charge on any atom is 0.460 e. The molecule has 0 bridgehead atoms. The molecule has 0 saturated carbocycles. The predicted octanol–water partition coefficient (Wildman–Crippen LogP) is 8.39. The van der Waals surface area contributed by atoms with Crippen LogP contribution in [-0.4, -0.2) is 54.3 Å². The lowest BCUT2D eigenvalue weighted by Gasteiger charge is -2.44. The summed E-state index contributed by atoms with van der Waals surface area (Å²) in [6.45, 7) is 6.71. The molecule has 0 spiro atoms. The highest BCUT2D eigenvalue weighted by Gasteiger charge is 2.93. The van der Waals surface area contributed by atoms with Crippen molar-refractivity contribution in [2.75, 3.05) is 6.61 Å². The summed E-state index contributed by atoms with van der Waals surface area (Å²) >= 11 is 0. The third kappa shape index (κ3) is 5.74. The lowest BCUT2D eigenvalue weighted by Crippen LogP contribution is -2.73. The lowest BCUT2D eigenvalue weighted by molar-refractivity contribution is -0.453. The van der Waals surface area contributed by atoms with E-state index in [4.69, 9.17) is 0 Å². The van der Waals surface area contributed by atoms with E-state index in [1.165, 1.54) is 20.8 Å². The average molecular weight is 582 g/mol. The van der Waals surface area contributed by atoms with E-state index in [9.17, 15) is 70.7 Å². The predicted molar refractivity (Wildman–Crippen MR) is 98.3 cm³/mol. The number of carbonyl (C=O) groups is 1. The van der Waals surface area contributed by atoms with E-state index in [-0.39, 0.29) is 6.42 Å². The Bertz CT molecular complexity index is 832. The molecule has 0 rings (SSSR count). The number of hydrogen-bond donors (Lipinski definition) is 0. The molecule has 0 saturated heterocycles. The molecule has 0 aromatic carbocycles. The van der Waals surface area contributed by atoms with E-state index in [0.717, 1.165) is 6.92 Å². The first-order valence-electron chi connectivity index (χ1n) is 10.1. The van der Waals surface area contributed by atoms with Gasteiger partial charge in [0.25, 0.3) is 0 Å². The summed E-state index contributed by atoms with van der Waals surface area (Å²) in [6, 6.07) is 0. The molecule has 0 fully saturated rings. The Balaban J connectivity index is 6.41. The smallest absolute Gasteiger partial charge is 0.459 e. The Kier molecular flexibility index (Phi) is 8.87. The van der Waals surface area contributed by atoms with Gasteiger partial charge in [-0.2, -0.15) is 65.9 Å². The zero-order chi connectivity index (χ0) is 30.7. The van der Waals surface area contributed by atoms with Crippen molar-refractivity contribution in [2.45, 2.75) is 96.6 Å². The van der Waals surface area contributed by atoms with Crippen molar-refractivity contribution in [1.29, 1.82) is 0 Å². The van der Waals surface area contributed by atoms with Gasteiger partial charge in [-0.05, 0) is 24.2 Å². The van der Waals surface area contributed by atoms with Crippen molar-refractivity contribution in [3.05, 3.63) is 0 Å². The molecule has 0 amide bonds. The van der Waals surface area contributed by atoms with Gasteiger partial charge in [0.15, 0.2) is 6.61 Å². The highest BCUT2D eigenvalue weighted by atomic mass is 19.4. The molecular formula is C20H25F15O2. The average Bonchev–Trinajstić information content (AvgIpc) is 2.61. The van der Waals surface area contributed by atoms with Crippen molar-refractivity contribution in [1.82, 2.24) is 0 Å². The van der Waals surface area contributed by atoms with E-state index in [0.29, 0.717) is 0 Å². The van der Waals surface area contributed by atoms with Gasteiger partial charge in [-0.1, -0.05) is 41.5 Å². The second kappa shape index (κ2) is 9.26. The Morgan fingerprint density at radius 2 is 0.865 bits per heavy atom. The topological polar surface area (TPSA) is 26.3 Å². The Morgan fingerprint density at radius 3 is 1.16 bits per heavy atom. The normalized spacial score (nSPS) is 17.5. The van der Waals surface area contributed by atoms with E-state index in [2.05, 4.69) is 4.74 Å². The molecule has 0 aliphatic rings. The van der Waals surface area contributed by atoms with Gasteiger partial charge in [-0.3, -0.25) is 4.79 Å². The summed E-state index contributed by atoms with van der Waals surface area (Å²) in [5.74, 6) is -49.1. The first-order chi connectivity index (χ1) is 15.6. The number of ether oxygens (including phenoxy) is 1. The molecule has 0 aliphatic carbocycles. The Labute approximate surface area is 201 Å². The summed E-state index contributed by atoms with van der Waals surface area (Å²) in [5, 5.41) is 0. The van der Waals surface area contributed by atoms with Crippen LogP contribution in [0.5, 0.6) is 0 Å². The van der Waals surface area contributed by atoms with Gasteiger partial charge in [-0.25, -0.2) is 0 Å². The monoisotopic (exact) mass is 582 g/mol. The highest BCUT2D eigenvalue weighted by Crippen LogP contribution is 2.62. The molecule has 1 atom stereocenters. The maximum absolute atomic E-state index is 14.0. The summed E-state index contributed by atoms with van der Waals surface area (Å²) in [7, 11) is 0. The lowest BCUT2D eigenvalue weighted by atomic mass is 9.61. The SMILES string of the molecule is CC(C)(C)CC(C)(C(=O)OCC(F)(F)C(F)(F)C(F)(F)C(F)(F)C(F)(F)C(F)(F)C(F)(F)F)C(C)(C)C. The van der Waals surface area contributed by atoms with Crippen molar-refractivity contribution < 1.29 is 75.4 Å². The molecule has 17 heteroatoms. The molecule has 0 heterocycles. The highest BCUT2D eigenvalue weighted by molar-refractivity contribution is 5.77. The molecule has 222 valence electrons. The van der Waals surface area contributed by atoms with Crippen LogP contribution in [0.15, 0.2) is 0 Å². The van der Waals surface area contributed by atoms with Gasteiger partial charge in [-0.15, -0.1) is 0 Å². The molecule has 0 radical (unpaired) electrons. The number of alkyl halides is 15. The van der Waals surface area contributed by atoms with Crippen LogP contribution < -0.4 is 0 Å². The van der Waals surface area contributed by atoms with Gasteiger partial charge in [0.1, 0.15) is 0 Å². The minimum Gasteiger partial charge on any atom is -0.459 e. The van der Waals surface area contributed by atoms with Gasteiger partial charge < -0.3 is 4.74 Å². The Morgan fingerprint density at radius 1 is 0.541 bits per heavy atom. The van der Waals surface area contributed by atoms with Crippen LogP contribution in [0.3, 0.4) is 0 Å². The number of rotatable bonds is 9. The van der Waals surface area contributed by atoms with Gasteiger partial charge in [0, 0.05) is 0 Å². The maximum atomic E-state index is 14.0.